The third kappa shape index (κ3) is 4.11. The summed E-state index contributed by atoms with van der Waals surface area (Å²) in [6.45, 7) is 2.71. The number of halogens is 1. The van der Waals surface area contributed by atoms with Crippen LogP contribution in [0.1, 0.15) is 19.8 Å². The first-order valence-corrected chi connectivity index (χ1v) is 5.65. The zero-order valence-corrected chi connectivity index (χ0v) is 9.96. The number of nitrogens with two attached hydrogens (primary N) is 1. The van der Waals surface area contributed by atoms with E-state index in [1.807, 2.05) is 24.3 Å². The molecule has 0 aliphatic carbocycles. The van der Waals surface area contributed by atoms with Gasteiger partial charge in [0.05, 0.1) is 0 Å². The van der Waals surface area contributed by atoms with Gasteiger partial charge < -0.3 is 10.5 Å². The molecule has 0 heterocycles. The maximum Gasteiger partial charge on any atom is 0.120 e. The van der Waals surface area contributed by atoms with Crippen LogP contribution in [0.4, 0.5) is 0 Å². The molecule has 0 saturated carbocycles. The van der Waals surface area contributed by atoms with Gasteiger partial charge in [0, 0.05) is 10.5 Å². The maximum atomic E-state index is 5.83. The number of benzene rings is 1. The van der Waals surface area contributed by atoms with E-state index in [4.69, 9.17) is 10.5 Å². The summed E-state index contributed by atoms with van der Waals surface area (Å²) in [6.07, 6.45) is 2.11. The molecule has 0 amide bonds. The van der Waals surface area contributed by atoms with Gasteiger partial charge in [-0.1, -0.05) is 35.3 Å². The molecule has 2 N–H and O–H groups in total. The van der Waals surface area contributed by atoms with E-state index >= 15 is 0 Å². The van der Waals surface area contributed by atoms with Crippen LogP contribution in [-0.4, -0.2) is 12.6 Å². The first kappa shape index (κ1) is 11.5. The smallest absolute Gasteiger partial charge is 0.120 e. The Morgan fingerprint density at radius 3 is 2.93 bits per heavy atom. The van der Waals surface area contributed by atoms with Crippen molar-refractivity contribution >= 4 is 15.9 Å². The average molecular weight is 258 g/mol. The molecule has 1 aromatic rings. The van der Waals surface area contributed by atoms with Gasteiger partial charge in [0.1, 0.15) is 12.4 Å². The molecule has 1 atom stereocenters. The molecule has 14 heavy (non-hydrogen) atoms. The fraction of sp³-hybridized carbons (Fsp3) is 0.455. The summed E-state index contributed by atoms with van der Waals surface area (Å²) in [5.74, 6) is 0.867. The Morgan fingerprint density at radius 2 is 2.29 bits per heavy atom. The average Bonchev–Trinajstić information content (AvgIpc) is 2.15. The Hall–Kier alpha value is -0.540. The highest BCUT2D eigenvalue weighted by atomic mass is 79.9. The van der Waals surface area contributed by atoms with E-state index < -0.39 is 0 Å². The molecule has 0 bridgehead atoms. The van der Waals surface area contributed by atoms with Gasteiger partial charge in [-0.2, -0.15) is 0 Å². The van der Waals surface area contributed by atoms with Crippen LogP contribution in [0, 0.1) is 0 Å². The molecule has 78 valence electrons. The van der Waals surface area contributed by atoms with Gasteiger partial charge in [0.15, 0.2) is 0 Å². The summed E-state index contributed by atoms with van der Waals surface area (Å²) in [4.78, 5) is 0. The first-order valence-electron chi connectivity index (χ1n) is 4.86. The standard InChI is InChI=1S/C11H16BrNO/c1-2-4-10(13)8-14-11-6-3-5-9(12)7-11/h3,5-7,10H,2,4,8,13H2,1H3. The van der Waals surface area contributed by atoms with Crippen molar-refractivity contribution < 1.29 is 4.74 Å². The molecule has 0 aliphatic rings. The molecule has 0 aromatic heterocycles. The molecule has 3 heteroatoms. The van der Waals surface area contributed by atoms with E-state index in [0.717, 1.165) is 23.1 Å². The predicted octanol–water partition coefficient (Wildman–Crippen LogP) is 2.96. The van der Waals surface area contributed by atoms with Crippen LogP contribution in [0.25, 0.3) is 0 Å². The van der Waals surface area contributed by atoms with E-state index in [1.165, 1.54) is 0 Å². The van der Waals surface area contributed by atoms with Crippen LogP contribution in [0.3, 0.4) is 0 Å². The van der Waals surface area contributed by atoms with Crippen LogP contribution < -0.4 is 10.5 Å². The molecule has 1 unspecified atom stereocenters. The van der Waals surface area contributed by atoms with Gasteiger partial charge in [0.2, 0.25) is 0 Å². The highest BCUT2D eigenvalue weighted by molar-refractivity contribution is 9.10. The highest BCUT2D eigenvalue weighted by Crippen LogP contribution is 2.17. The predicted molar refractivity (Wildman–Crippen MR) is 62.5 cm³/mol. The molecule has 1 rings (SSSR count). The van der Waals surface area contributed by atoms with Crippen molar-refractivity contribution in [1.82, 2.24) is 0 Å². The summed E-state index contributed by atoms with van der Waals surface area (Å²) in [6, 6.07) is 7.94. The SMILES string of the molecule is CCCC(N)COc1cccc(Br)c1. The van der Waals surface area contributed by atoms with Gasteiger partial charge in [-0.15, -0.1) is 0 Å². The van der Waals surface area contributed by atoms with Gasteiger partial charge >= 0.3 is 0 Å². The van der Waals surface area contributed by atoms with Crippen LogP contribution in [0.2, 0.25) is 0 Å². The third-order valence-electron chi connectivity index (χ3n) is 1.92. The molecule has 1 aromatic carbocycles. The lowest BCUT2D eigenvalue weighted by molar-refractivity contribution is 0.281. The Bertz CT molecular complexity index is 278. The fourth-order valence-electron chi connectivity index (χ4n) is 1.21. The quantitative estimate of drug-likeness (QED) is 0.881. The fourth-order valence-corrected chi connectivity index (χ4v) is 1.59. The summed E-state index contributed by atoms with van der Waals surface area (Å²) in [5.41, 5.74) is 5.83. The van der Waals surface area contributed by atoms with Crippen LogP contribution in [0.15, 0.2) is 28.7 Å². The summed E-state index contributed by atoms with van der Waals surface area (Å²) in [7, 11) is 0. The molecule has 2 nitrogen and oxygen atoms in total. The number of hydrogen-bond acceptors (Lipinski definition) is 2. The first-order chi connectivity index (χ1) is 6.72. The molecular formula is C11H16BrNO. The minimum Gasteiger partial charge on any atom is -0.492 e. The van der Waals surface area contributed by atoms with E-state index in [1.54, 1.807) is 0 Å². The zero-order chi connectivity index (χ0) is 10.4. The second-order valence-electron chi connectivity index (χ2n) is 3.32. The van der Waals surface area contributed by atoms with Gasteiger partial charge in [-0.3, -0.25) is 0 Å². The lowest BCUT2D eigenvalue weighted by Gasteiger charge is -2.12. The van der Waals surface area contributed by atoms with Crippen LogP contribution in [-0.2, 0) is 0 Å². The number of rotatable bonds is 5. The maximum absolute atomic E-state index is 5.83. The lowest BCUT2D eigenvalue weighted by atomic mass is 10.2. The van der Waals surface area contributed by atoms with E-state index in [0.29, 0.717) is 6.61 Å². The Morgan fingerprint density at radius 1 is 1.50 bits per heavy atom. The molecule has 0 aliphatic heterocycles. The topological polar surface area (TPSA) is 35.2 Å². The Balaban J connectivity index is 2.37. The second kappa shape index (κ2) is 6.04. The van der Waals surface area contributed by atoms with E-state index in [9.17, 15) is 0 Å². The number of ether oxygens (including phenoxy) is 1. The molecule has 0 spiro atoms. The van der Waals surface area contributed by atoms with Crippen molar-refractivity contribution in [1.29, 1.82) is 0 Å². The summed E-state index contributed by atoms with van der Waals surface area (Å²) < 4.78 is 6.57. The van der Waals surface area contributed by atoms with Crippen LogP contribution in [0.5, 0.6) is 5.75 Å². The van der Waals surface area contributed by atoms with Crippen molar-refractivity contribution in [2.24, 2.45) is 5.73 Å². The van der Waals surface area contributed by atoms with Crippen molar-refractivity contribution in [2.75, 3.05) is 6.61 Å². The van der Waals surface area contributed by atoms with Crippen molar-refractivity contribution in [3.63, 3.8) is 0 Å². The monoisotopic (exact) mass is 257 g/mol. The molecule has 0 saturated heterocycles. The number of hydrogen-bond donors (Lipinski definition) is 1. The van der Waals surface area contributed by atoms with Gasteiger partial charge in [-0.05, 0) is 24.6 Å². The molecule has 0 radical (unpaired) electrons. The Kier molecular flexibility index (Phi) is 4.98. The molecule has 0 fully saturated rings. The highest BCUT2D eigenvalue weighted by Gasteiger charge is 2.02. The third-order valence-corrected chi connectivity index (χ3v) is 2.41. The van der Waals surface area contributed by atoms with Gasteiger partial charge in [0.25, 0.3) is 0 Å². The van der Waals surface area contributed by atoms with Crippen molar-refractivity contribution in [3.05, 3.63) is 28.7 Å². The van der Waals surface area contributed by atoms with Gasteiger partial charge in [-0.25, -0.2) is 0 Å². The molecular weight excluding hydrogens is 242 g/mol. The summed E-state index contributed by atoms with van der Waals surface area (Å²) in [5, 5.41) is 0. The lowest BCUT2D eigenvalue weighted by Crippen LogP contribution is -2.27. The van der Waals surface area contributed by atoms with Crippen LogP contribution >= 0.6 is 15.9 Å². The minimum atomic E-state index is 0.138. The van der Waals surface area contributed by atoms with E-state index in [-0.39, 0.29) is 6.04 Å². The van der Waals surface area contributed by atoms with Crippen molar-refractivity contribution in [2.45, 2.75) is 25.8 Å². The second-order valence-corrected chi connectivity index (χ2v) is 4.23. The minimum absolute atomic E-state index is 0.138. The Labute approximate surface area is 93.6 Å². The summed E-state index contributed by atoms with van der Waals surface area (Å²) >= 11 is 3.39. The van der Waals surface area contributed by atoms with E-state index in [2.05, 4.69) is 22.9 Å². The zero-order valence-electron chi connectivity index (χ0n) is 8.37. The van der Waals surface area contributed by atoms with Crippen molar-refractivity contribution in [3.8, 4) is 5.75 Å². The normalized spacial score (nSPS) is 12.5. The largest absolute Gasteiger partial charge is 0.492 e.